The number of carboxylic acid groups (broad SMARTS) is 2. The molecular weight excluding hydrogens is 408 g/mol. The number of aromatic carboxylic acids is 2. The van der Waals surface area contributed by atoms with Gasteiger partial charge in [-0.2, -0.15) is 0 Å². The molecule has 0 amide bonds. The van der Waals surface area contributed by atoms with Crippen molar-refractivity contribution in [2.75, 3.05) is 6.61 Å². The lowest BCUT2D eigenvalue weighted by Crippen LogP contribution is -2.10. The van der Waals surface area contributed by atoms with Crippen molar-refractivity contribution in [1.82, 2.24) is 0 Å². The largest absolute Gasteiger partial charge is 0.772 e. The summed E-state index contributed by atoms with van der Waals surface area (Å²) in [6.45, 7) is 2.09. The van der Waals surface area contributed by atoms with Crippen LogP contribution in [0, 0.1) is 12.8 Å². The van der Waals surface area contributed by atoms with Gasteiger partial charge in [0.15, 0.2) is 0 Å². The molecule has 0 aromatic heterocycles. The molecule has 1 aliphatic rings. The van der Waals surface area contributed by atoms with Gasteiger partial charge in [0, 0.05) is 16.9 Å². The van der Waals surface area contributed by atoms with Gasteiger partial charge in [0.25, 0.3) is 0 Å². The van der Waals surface area contributed by atoms with Gasteiger partial charge in [-0.25, -0.2) is 9.59 Å². The first-order valence-corrected chi connectivity index (χ1v) is 10.9. The van der Waals surface area contributed by atoms with Gasteiger partial charge in [-0.05, 0) is 61.1 Å². The van der Waals surface area contributed by atoms with Crippen LogP contribution in [0.15, 0.2) is 30.3 Å². The summed E-state index contributed by atoms with van der Waals surface area (Å²) in [5, 5.41) is 19.1. The Hall–Kier alpha value is -2.71. The summed E-state index contributed by atoms with van der Waals surface area (Å²) >= 11 is -2.31. The van der Waals surface area contributed by atoms with Crippen LogP contribution in [-0.2, 0) is 16.8 Å². The maximum Gasteiger partial charge on any atom is 0.336 e. The fraction of sp³-hybridized carbons (Fsp3) is 0.364. The molecule has 0 bridgehead atoms. The first-order valence-electron chi connectivity index (χ1n) is 9.69. The molecule has 0 heterocycles. The third-order valence-corrected chi connectivity index (χ3v) is 5.96. The normalized spacial score (nSPS) is 15.1. The van der Waals surface area contributed by atoms with Crippen LogP contribution in [0.1, 0.15) is 57.5 Å². The zero-order valence-corrected chi connectivity index (χ0v) is 17.4. The van der Waals surface area contributed by atoms with Crippen molar-refractivity contribution < 1.29 is 33.3 Å². The van der Waals surface area contributed by atoms with Gasteiger partial charge in [0.05, 0.1) is 17.7 Å². The van der Waals surface area contributed by atoms with Crippen LogP contribution in [0.25, 0.3) is 11.1 Å². The highest BCUT2D eigenvalue weighted by Crippen LogP contribution is 2.36. The number of carbonyl (C=O) groups is 2. The fourth-order valence-electron chi connectivity index (χ4n) is 3.86. The number of hydrogen-bond donors (Lipinski definition) is 2. The molecule has 1 unspecified atom stereocenters. The quantitative estimate of drug-likeness (QED) is 0.605. The molecule has 30 heavy (non-hydrogen) atoms. The van der Waals surface area contributed by atoms with Crippen molar-refractivity contribution >= 4 is 23.0 Å². The van der Waals surface area contributed by atoms with Gasteiger partial charge in [-0.3, -0.25) is 4.21 Å². The molecule has 1 saturated carbocycles. The molecule has 8 heteroatoms. The summed E-state index contributed by atoms with van der Waals surface area (Å²) in [5.74, 6) is -1.82. The number of rotatable bonds is 8. The van der Waals surface area contributed by atoms with Gasteiger partial charge in [0.1, 0.15) is 5.75 Å². The second-order valence-corrected chi connectivity index (χ2v) is 8.46. The van der Waals surface area contributed by atoms with E-state index in [2.05, 4.69) is 0 Å². The van der Waals surface area contributed by atoms with Crippen LogP contribution in [0.3, 0.4) is 0 Å². The summed E-state index contributed by atoms with van der Waals surface area (Å²) in [6, 6.07) is 7.53. The maximum absolute atomic E-state index is 11.9. The molecule has 160 valence electrons. The van der Waals surface area contributed by atoms with Gasteiger partial charge in [-0.1, -0.05) is 30.0 Å². The molecular formula is C22H23O7S-. The lowest BCUT2D eigenvalue weighted by Gasteiger charge is -2.18. The Morgan fingerprint density at radius 3 is 2.33 bits per heavy atom. The number of hydrogen-bond acceptors (Lipinski definition) is 5. The van der Waals surface area contributed by atoms with Gasteiger partial charge < -0.3 is 19.5 Å². The van der Waals surface area contributed by atoms with Crippen LogP contribution in [0.2, 0.25) is 0 Å². The summed E-state index contributed by atoms with van der Waals surface area (Å²) in [6.07, 6.45) is 4.48. The molecule has 1 aliphatic carbocycles. The third-order valence-electron chi connectivity index (χ3n) is 5.39. The first-order chi connectivity index (χ1) is 14.3. The predicted octanol–water partition coefficient (Wildman–Crippen LogP) is 4.01. The molecule has 3 rings (SSSR count). The Kier molecular flexibility index (Phi) is 6.89. The monoisotopic (exact) mass is 431 g/mol. The molecule has 0 radical (unpaired) electrons. The van der Waals surface area contributed by atoms with E-state index in [0.717, 1.165) is 31.7 Å². The molecule has 1 atom stereocenters. The highest BCUT2D eigenvalue weighted by atomic mass is 32.2. The standard InChI is InChI=1S/C22H24O7S/c1-13-8-17(19(22(25)26)10-16(13)21(23)24)18-9-15(12-30(27)28)6-7-20(18)29-11-14-4-2-3-5-14/h6-10,14H,2-5,11-12H2,1H3,(H,23,24)(H,25,26)(H,27,28)/p-1. The van der Waals surface area contributed by atoms with Crippen molar-refractivity contribution in [1.29, 1.82) is 0 Å². The summed E-state index contributed by atoms with van der Waals surface area (Å²) in [5.41, 5.74) is 1.36. The minimum absolute atomic E-state index is 0.0959. The van der Waals surface area contributed by atoms with E-state index in [1.807, 2.05) is 0 Å². The van der Waals surface area contributed by atoms with Crippen LogP contribution in [-0.4, -0.2) is 37.5 Å². The Morgan fingerprint density at radius 1 is 1.07 bits per heavy atom. The lowest BCUT2D eigenvalue weighted by atomic mass is 9.92. The Morgan fingerprint density at radius 2 is 1.73 bits per heavy atom. The molecule has 2 N–H and O–H groups in total. The van der Waals surface area contributed by atoms with Crippen molar-refractivity contribution in [2.45, 2.75) is 38.4 Å². The highest BCUT2D eigenvalue weighted by molar-refractivity contribution is 7.78. The lowest BCUT2D eigenvalue weighted by molar-refractivity contribution is 0.0695. The minimum Gasteiger partial charge on any atom is -0.772 e. The summed E-state index contributed by atoms with van der Waals surface area (Å²) < 4.78 is 28.3. The van der Waals surface area contributed by atoms with Gasteiger partial charge in [0.2, 0.25) is 0 Å². The molecule has 2 aromatic rings. The molecule has 2 aromatic carbocycles. The molecule has 7 nitrogen and oxygen atoms in total. The van der Waals surface area contributed by atoms with E-state index in [4.69, 9.17) is 4.74 Å². The fourth-order valence-corrected chi connectivity index (χ4v) is 4.31. The van der Waals surface area contributed by atoms with Crippen LogP contribution in [0.4, 0.5) is 0 Å². The average Bonchev–Trinajstić information content (AvgIpc) is 3.19. The predicted molar refractivity (Wildman–Crippen MR) is 111 cm³/mol. The van der Waals surface area contributed by atoms with Crippen molar-refractivity contribution in [3.8, 4) is 16.9 Å². The maximum atomic E-state index is 11.9. The Balaban J connectivity index is 2.10. The highest BCUT2D eigenvalue weighted by Gasteiger charge is 2.22. The van der Waals surface area contributed by atoms with E-state index in [1.165, 1.54) is 6.07 Å². The van der Waals surface area contributed by atoms with E-state index in [0.29, 0.717) is 40.5 Å². The molecule has 0 aliphatic heterocycles. The van der Waals surface area contributed by atoms with Crippen LogP contribution >= 0.6 is 0 Å². The van der Waals surface area contributed by atoms with E-state index >= 15 is 0 Å². The zero-order chi connectivity index (χ0) is 21.8. The molecule has 1 fully saturated rings. The third kappa shape index (κ3) is 5.06. The summed E-state index contributed by atoms with van der Waals surface area (Å²) in [4.78, 5) is 23.3. The van der Waals surface area contributed by atoms with Crippen LogP contribution in [0.5, 0.6) is 5.75 Å². The van der Waals surface area contributed by atoms with E-state index < -0.39 is 23.0 Å². The number of benzene rings is 2. The number of aryl methyl sites for hydroxylation is 1. The van der Waals surface area contributed by atoms with Gasteiger partial charge >= 0.3 is 11.9 Å². The first kappa shape index (κ1) is 22.0. The van der Waals surface area contributed by atoms with E-state index in [9.17, 15) is 28.6 Å². The second kappa shape index (κ2) is 9.40. The molecule has 0 saturated heterocycles. The second-order valence-electron chi connectivity index (χ2n) is 7.56. The van der Waals surface area contributed by atoms with E-state index in [-0.39, 0.29) is 16.9 Å². The zero-order valence-electron chi connectivity index (χ0n) is 16.6. The number of carboxylic acids is 2. The van der Waals surface area contributed by atoms with Crippen molar-refractivity contribution in [3.05, 3.63) is 52.6 Å². The average molecular weight is 431 g/mol. The number of ether oxygens (including phenoxy) is 1. The summed E-state index contributed by atoms with van der Waals surface area (Å²) in [7, 11) is 0. The van der Waals surface area contributed by atoms with Crippen LogP contribution < -0.4 is 4.74 Å². The Labute approximate surface area is 177 Å². The minimum atomic E-state index is -2.31. The molecule has 0 spiro atoms. The smallest absolute Gasteiger partial charge is 0.336 e. The van der Waals surface area contributed by atoms with Gasteiger partial charge in [-0.15, -0.1) is 0 Å². The van der Waals surface area contributed by atoms with Crippen molar-refractivity contribution in [3.63, 3.8) is 0 Å². The van der Waals surface area contributed by atoms with E-state index in [1.54, 1.807) is 25.1 Å². The topological polar surface area (TPSA) is 124 Å². The SMILES string of the molecule is Cc1cc(-c2cc(CS(=O)[O-])ccc2OCC2CCCC2)c(C(=O)O)cc1C(=O)O. The van der Waals surface area contributed by atoms with Crippen molar-refractivity contribution in [2.24, 2.45) is 5.92 Å². The Bertz CT molecular complexity index is 993.